The largest absolute Gasteiger partial charge is 0.353 e. The molecule has 2 unspecified atom stereocenters. The Balaban J connectivity index is 1.97. The second-order valence-electron chi connectivity index (χ2n) is 5.32. The highest BCUT2D eigenvalue weighted by Crippen LogP contribution is 2.34. The topological polar surface area (TPSA) is 18.5 Å². The molecule has 0 bridgehead atoms. The van der Waals surface area contributed by atoms with E-state index in [0.29, 0.717) is 0 Å². The lowest BCUT2D eigenvalue weighted by molar-refractivity contribution is -0.134. The van der Waals surface area contributed by atoms with Gasteiger partial charge in [0, 0.05) is 11.8 Å². The SMILES string of the molecule is Cc1cc(C2CCC(OCCCBr)O2)cc(C)c1C. The third-order valence-electron chi connectivity index (χ3n) is 3.88. The number of aryl methyl sites for hydroxylation is 2. The fourth-order valence-electron chi connectivity index (χ4n) is 2.50. The van der Waals surface area contributed by atoms with Crippen molar-refractivity contribution in [1.82, 2.24) is 0 Å². The van der Waals surface area contributed by atoms with Gasteiger partial charge in [-0.05, 0) is 55.9 Å². The van der Waals surface area contributed by atoms with Gasteiger partial charge in [-0.15, -0.1) is 0 Å². The van der Waals surface area contributed by atoms with Crippen molar-refractivity contribution in [2.75, 3.05) is 11.9 Å². The number of rotatable bonds is 5. The van der Waals surface area contributed by atoms with Crippen molar-refractivity contribution in [2.24, 2.45) is 0 Å². The van der Waals surface area contributed by atoms with Crippen LogP contribution >= 0.6 is 15.9 Å². The molecule has 1 saturated heterocycles. The lowest BCUT2D eigenvalue weighted by Crippen LogP contribution is -2.12. The minimum atomic E-state index is -0.0223. The van der Waals surface area contributed by atoms with E-state index in [1.54, 1.807) is 0 Å². The first-order valence-corrected chi connectivity index (χ1v) is 8.14. The van der Waals surface area contributed by atoms with E-state index in [9.17, 15) is 0 Å². The third-order valence-corrected chi connectivity index (χ3v) is 4.44. The van der Waals surface area contributed by atoms with Crippen LogP contribution in [0.3, 0.4) is 0 Å². The van der Waals surface area contributed by atoms with Gasteiger partial charge >= 0.3 is 0 Å². The molecule has 1 aromatic rings. The molecular weight excluding hydrogens is 304 g/mol. The molecule has 1 heterocycles. The molecule has 1 aliphatic heterocycles. The standard InChI is InChI=1S/C16H23BrO2/c1-11-9-14(10-12(2)13(11)3)15-5-6-16(19-15)18-8-4-7-17/h9-10,15-16H,4-8H2,1-3H3. The average molecular weight is 327 g/mol. The van der Waals surface area contributed by atoms with Crippen LogP contribution in [0.4, 0.5) is 0 Å². The maximum Gasteiger partial charge on any atom is 0.158 e. The molecule has 2 rings (SSSR count). The molecule has 0 amide bonds. The second-order valence-corrected chi connectivity index (χ2v) is 6.12. The summed E-state index contributed by atoms with van der Waals surface area (Å²) in [5.74, 6) is 0. The van der Waals surface area contributed by atoms with Crippen molar-refractivity contribution in [2.45, 2.75) is 52.4 Å². The Morgan fingerprint density at radius 1 is 1.21 bits per heavy atom. The van der Waals surface area contributed by atoms with E-state index in [0.717, 1.165) is 31.2 Å². The van der Waals surface area contributed by atoms with Crippen LogP contribution in [-0.4, -0.2) is 18.2 Å². The predicted molar refractivity (Wildman–Crippen MR) is 81.9 cm³/mol. The summed E-state index contributed by atoms with van der Waals surface area (Å²) in [4.78, 5) is 0. The third kappa shape index (κ3) is 3.80. The number of alkyl halides is 1. The van der Waals surface area contributed by atoms with Crippen molar-refractivity contribution in [1.29, 1.82) is 0 Å². The van der Waals surface area contributed by atoms with Gasteiger partial charge in [0.05, 0.1) is 12.7 Å². The van der Waals surface area contributed by atoms with E-state index in [2.05, 4.69) is 48.8 Å². The Morgan fingerprint density at radius 3 is 2.53 bits per heavy atom. The second kappa shape index (κ2) is 6.87. The van der Waals surface area contributed by atoms with Crippen molar-refractivity contribution < 1.29 is 9.47 Å². The van der Waals surface area contributed by atoms with Crippen LogP contribution in [0.2, 0.25) is 0 Å². The van der Waals surface area contributed by atoms with Gasteiger partial charge in [-0.1, -0.05) is 28.1 Å². The Morgan fingerprint density at radius 2 is 1.89 bits per heavy atom. The van der Waals surface area contributed by atoms with E-state index in [4.69, 9.17) is 9.47 Å². The Kier molecular flexibility index (Phi) is 5.43. The van der Waals surface area contributed by atoms with Gasteiger partial charge in [0.25, 0.3) is 0 Å². The molecule has 0 radical (unpaired) electrons. The summed E-state index contributed by atoms with van der Waals surface area (Å²) < 4.78 is 11.7. The minimum Gasteiger partial charge on any atom is -0.353 e. The summed E-state index contributed by atoms with van der Waals surface area (Å²) in [5, 5.41) is 0.986. The van der Waals surface area contributed by atoms with E-state index in [1.807, 2.05) is 0 Å². The predicted octanol–water partition coefficient (Wildman–Crippen LogP) is 4.59. The molecule has 2 nitrogen and oxygen atoms in total. The zero-order chi connectivity index (χ0) is 13.8. The average Bonchev–Trinajstić information content (AvgIpc) is 2.84. The molecule has 0 aromatic heterocycles. The van der Waals surface area contributed by atoms with Gasteiger partial charge in [0.15, 0.2) is 6.29 Å². The van der Waals surface area contributed by atoms with Gasteiger partial charge in [0.1, 0.15) is 0 Å². The zero-order valence-electron chi connectivity index (χ0n) is 12.0. The van der Waals surface area contributed by atoms with Crippen LogP contribution in [0.15, 0.2) is 12.1 Å². The molecule has 19 heavy (non-hydrogen) atoms. The van der Waals surface area contributed by atoms with Gasteiger partial charge in [-0.2, -0.15) is 0 Å². The number of benzene rings is 1. The summed E-state index contributed by atoms with van der Waals surface area (Å²) >= 11 is 3.41. The number of hydrogen-bond donors (Lipinski definition) is 0. The number of hydrogen-bond acceptors (Lipinski definition) is 2. The molecule has 1 aliphatic rings. The molecular formula is C16H23BrO2. The van der Waals surface area contributed by atoms with E-state index in [-0.39, 0.29) is 12.4 Å². The highest BCUT2D eigenvalue weighted by atomic mass is 79.9. The van der Waals surface area contributed by atoms with Crippen molar-refractivity contribution in [3.8, 4) is 0 Å². The molecule has 0 N–H and O–H groups in total. The fraction of sp³-hybridized carbons (Fsp3) is 0.625. The fourth-order valence-corrected chi connectivity index (χ4v) is 2.73. The lowest BCUT2D eigenvalue weighted by atomic mass is 9.97. The highest BCUT2D eigenvalue weighted by Gasteiger charge is 2.27. The Labute approximate surface area is 124 Å². The van der Waals surface area contributed by atoms with Crippen LogP contribution in [0.25, 0.3) is 0 Å². The van der Waals surface area contributed by atoms with Crippen LogP contribution in [0, 0.1) is 20.8 Å². The lowest BCUT2D eigenvalue weighted by Gasteiger charge is -2.16. The van der Waals surface area contributed by atoms with Gasteiger partial charge in [0.2, 0.25) is 0 Å². The minimum absolute atomic E-state index is 0.0223. The zero-order valence-corrected chi connectivity index (χ0v) is 13.6. The molecule has 1 fully saturated rings. The first-order chi connectivity index (χ1) is 9.11. The molecule has 0 saturated carbocycles. The van der Waals surface area contributed by atoms with E-state index in [1.165, 1.54) is 22.3 Å². The maximum absolute atomic E-state index is 6.01. The molecule has 2 atom stereocenters. The van der Waals surface area contributed by atoms with Crippen molar-refractivity contribution in [3.63, 3.8) is 0 Å². The smallest absolute Gasteiger partial charge is 0.158 e. The van der Waals surface area contributed by atoms with Crippen molar-refractivity contribution >= 4 is 15.9 Å². The summed E-state index contributed by atoms with van der Waals surface area (Å²) in [6, 6.07) is 4.52. The Bertz CT molecular complexity index is 408. The maximum atomic E-state index is 6.01. The summed E-state index contributed by atoms with van der Waals surface area (Å²) in [5.41, 5.74) is 5.38. The molecule has 0 spiro atoms. The first-order valence-electron chi connectivity index (χ1n) is 7.02. The molecule has 3 heteroatoms. The summed E-state index contributed by atoms with van der Waals surface area (Å²) in [6.07, 6.45) is 3.27. The summed E-state index contributed by atoms with van der Waals surface area (Å²) in [7, 11) is 0. The van der Waals surface area contributed by atoms with Gasteiger partial charge in [-0.3, -0.25) is 0 Å². The van der Waals surface area contributed by atoms with Crippen LogP contribution in [-0.2, 0) is 9.47 Å². The van der Waals surface area contributed by atoms with Crippen LogP contribution in [0.1, 0.15) is 47.6 Å². The molecule has 106 valence electrons. The van der Waals surface area contributed by atoms with E-state index >= 15 is 0 Å². The number of halogens is 1. The molecule has 0 aliphatic carbocycles. The highest BCUT2D eigenvalue weighted by molar-refractivity contribution is 9.09. The normalized spacial score (nSPS) is 22.9. The Hall–Kier alpha value is -0.380. The van der Waals surface area contributed by atoms with Crippen LogP contribution in [0.5, 0.6) is 0 Å². The van der Waals surface area contributed by atoms with Crippen LogP contribution < -0.4 is 0 Å². The van der Waals surface area contributed by atoms with E-state index < -0.39 is 0 Å². The van der Waals surface area contributed by atoms with Gasteiger partial charge in [-0.25, -0.2) is 0 Å². The quantitative estimate of drug-likeness (QED) is 0.582. The number of ether oxygens (including phenoxy) is 2. The first kappa shape index (κ1) is 15.0. The monoisotopic (exact) mass is 326 g/mol. The van der Waals surface area contributed by atoms with Gasteiger partial charge < -0.3 is 9.47 Å². The molecule has 1 aromatic carbocycles. The summed E-state index contributed by atoms with van der Waals surface area (Å²) in [6.45, 7) is 7.29. The van der Waals surface area contributed by atoms with Crippen molar-refractivity contribution in [3.05, 3.63) is 34.4 Å².